The van der Waals surface area contributed by atoms with E-state index in [0.717, 1.165) is 35.7 Å². The first kappa shape index (κ1) is 14.9. The lowest BCUT2D eigenvalue weighted by Gasteiger charge is -2.21. The van der Waals surface area contributed by atoms with Crippen LogP contribution in [-0.4, -0.2) is 12.1 Å². The third-order valence-corrected chi connectivity index (χ3v) is 4.13. The van der Waals surface area contributed by atoms with Gasteiger partial charge in [0.25, 0.3) is 0 Å². The fourth-order valence-corrected chi connectivity index (χ4v) is 2.88. The number of ether oxygens (including phenoxy) is 1. The van der Waals surface area contributed by atoms with E-state index in [0.29, 0.717) is 6.10 Å². The lowest BCUT2D eigenvalue weighted by atomic mass is 10.1. The molecule has 19 heavy (non-hydrogen) atoms. The van der Waals surface area contributed by atoms with Crippen LogP contribution in [-0.2, 0) is 6.54 Å². The zero-order chi connectivity index (χ0) is 13.8. The van der Waals surface area contributed by atoms with Gasteiger partial charge in [0.15, 0.2) is 0 Å². The minimum atomic E-state index is 0.319. The molecule has 0 aromatic heterocycles. The molecule has 0 atom stereocenters. The van der Waals surface area contributed by atoms with Gasteiger partial charge in [0.2, 0.25) is 0 Å². The highest BCUT2D eigenvalue weighted by molar-refractivity contribution is 9.10. The first-order valence-corrected chi connectivity index (χ1v) is 8.12. The Balaban J connectivity index is 2.16. The van der Waals surface area contributed by atoms with Crippen molar-refractivity contribution in [2.24, 2.45) is 0 Å². The number of aryl methyl sites for hydroxylation is 1. The highest BCUT2D eigenvalue weighted by atomic mass is 79.9. The summed E-state index contributed by atoms with van der Waals surface area (Å²) >= 11 is 3.59. The quantitative estimate of drug-likeness (QED) is 0.792. The van der Waals surface area contributed by atoms with Crippen molar-refractivity contribution in [3.8, 4) is 5.75 Å². The number of hydrogen-bond donors (Lipinski definition) is 1. The Morgan fingerprint density at radius 3 is 2.58 bits per heavy atom. The van der Waals surface area contributed by atoms with Gasteiger partial charge in [-0.3, -0.25) is 0 Å². The Morgan fingerprint density at radius 2 is 2.00 bits per heavy atom. The Bertz CT molecular complexity index is 425. The Labute approximate surface area is 125 Å². The highest BCUT2D eigenvalue weighted by Crippen LogP contribution is 2.30. The van der Waals surface area contributed by atoms with E-state index in [1.165, 1.54) is 24.0 Å². The summed E-state index contributed by atoms with van der Waals surface area (Å²) < 4.78 is 7.36. The molecule has 1 fully saturated rings. The van der Waals surface area contributed by atoms with E-state index >= 15 is 0 Å². The summed E-state index contributed by atoms with van der Waals surface area (Å²) in [5, 5.41) is 3.58. The Morgan fingerprint density at radius 1 is 1.32 bits per heavy atom. The van der Waals surface area contributed by atoms with Gasteiger partial charge in [-0.1, -0.05) is 29.8 Å². The Kier molecular flexibility index (Phi) is 5.28. The van der Waals surface area contributed by atoms with Gasteiger partial charge in [-0.05, 0) is 50.3 Å². The molecular formula is C16H24BrNO. The van der Waals surface area contributed by atoms with Crippen molar-refractivity contribution in [2.45, 2.75) is 65.1 Å². The average Bonchev–Trinajstić information content (AvgIpc) is 3.19. The summed E-state index contributed by atoms with van der Waals surface area (Å²) in [7, 11) is 0. The van der Waals surface area contributed by atoms with Gasteiger partial charge in [0.1, 0.15) is 5.75 Å². The van der Waals surface area contributed by atoms with Gasteiger partial charge in [-0.25, -0.2) is 0 Å². The summed E-state index contributed by atoms with van der Waals surface area (Å²) in [6.07, 6.45) is 5.06. The number of benzene rings is 1. The van der Waals surface area contributed by atoms with Crippen LogP contribution < -0.4 is 10.1 Å². The lowest BCUT2D eigenvalue weighted by Crippen LogP contribution is -2.19. The van der Waals surface area contributed by atoms with E-state index < -0.39 is 0 Å². The van der Waals surface area contributed by atoms with Crippen LogP contribution in [0.1, 0.15) is 50.7 Å². The van der Waals surface area contributed by atoms with Crippen LogP contribution in [0, 0.1) is 6.92 Å². The summed E-state index contributed by atoms with van der Waals surface area (Å²) in [4.78, 5) is 0. The molecule has 1 N–H and O–H groups in total. The molecule has 106 valence electrons. The van der Waals surface area contributed by atoms with E-state index in [1.54, 1.807) is 0 Å². The SMILES string of the molecule is CCC(CC)Oc1c(C)cc(Br)cc1CNC1CC1. The van der Waals surface area contributed by atoms with Crippen molar-refractivity contribution in [1.82, 2.24) is 5.32 Å². The summed E-state index contributed by atoms with van der Waals surface area (Å²) in [5.41, 5.74) is 2.49. The molecule has 1 aromatic carbocycles. The minimum absolute atomic E-state index is 0.319. The van der Waals surface area contributed by atoms with E-state index in [1.807, 2.05) is 0 Å². The molecule has 0 amide bonds. The van der Waals surface area contributed by atoms with Crippen LogP contribution in [0.5, 0.6) is 5.75 Å². The summed E-state index contributed by atoms with van der Waals surface area (Å²) in [5.74, 6) is 1.07. The molecule has 0 aliphatic heterocycles. The molecule has 2 nitrogen and oxygen atoms in total. The highest BCUT2D eigenvalue weighted by Gasteiger charge is 2.21. The Hall–Kier alpha value is -0.540. The first-order valence-electron chi connectivity index (χ1n) is 7.33. The van der Waals surface area contributed by atoms with E-state index in [9.17, 15) is 0 Å². The van der Waals surface area contributed by atoms with Crippen LogP contribution in [0.3, 0.4) is 0 Å². The maximum atomic E-state index is 6.22. The van der Waals surface area contributed by atoms with Crippen molar-refractivity contribution in [1.29, 1.82) is 0 Å². The zero-order valence-corrected chi connectivity index (χ0v) is 13.7. The van der Waals surface area contributed by atoms with Crippen LogP contribution >= 0.6 is 15.9 Å². The second-order valence-corrected chi connectivity index (χ2v) is 6.34. The maximum absolute atomic E-state index is 6.22. The van der Waals surface area contributed by atoms with Gasteiger partial charge in [0, 0.05) is 22.6 Å². The van der Waals surface area contributed by atoms with Gasteiger partial charge >= 0.3 is 0 Å². The van der Waals surface area contributed by atoms with Gasteiger partial charge in [-0.15, -0.1) is 0 Å². The van der Waals surface area contributed by atoms with Crippen LogP contribution in [0.2, 0.25) is 0 Å². The molecule has 1 aliphatic carbocycles. The molecule has 1 aromatic rings. The number of hydrogen-bond acceptors (Lipinski definition) is 2. The fourth-order valence-electron chi connectivity index (χ4n) is 2.26. The molecule has 0 radical (unpaired) electrons. The van der Waals surface area contributed by atoms with E-state index in [2.05, 4.69) is 54.2 Å². The second-order valence-electron chi connectivity index (χ2n) is 5.42. The van der Waals surface area contributed by atoms with Gasteiger partial charge in [0.05, 0.1) is 6.10 Å². The predicted octanol–water partition coefficient (Wildman–Crippen LogP) is 4.58. The maximum Gasteiger partial charge on any atom is 0.127 e. The molecule has 1 saturated carbocycles. The van der Waals surface area contributed by atoms with Crippen molar-refractivity contribution < 1.29 is 4.74 Å². The van der Waals surface area contributed by atoms with Crippen LogP contribution in [0.25, 0.3) is 0 Å². The number of rotatable bonds is 7. The number of nitrogens with one attached hydrogen (secondary N) is 1. The first-order chi connectivity index (χ1) is 9.13. The predicted molar refractivity (Wildman–Crippen MR) is 83.7 cm³/mol. The third-order valence-electron chi connectivity index (χ3n) is 3.67. The largest absolute Gasteiger partial charge is 0.490 e. The normalized spacial score (nSPS) is 15.0. The summed E-state index contributed by atoms with van der Waals surface area (Å²) in [6, 6.07) is 5.04. The molecule has 0 unspecified atom stereocenters. The molecule has 0 spiro atoms. The van der Waals surface area contributed by atoms with Crippen molar-refractivity contribution in [2.75, 3.05) is 0 Å². The smallest absolute Gasteiger partial charge is 0.127 e. The molecule has 2 rings (SSSR count). The summed E-state index contributed by atoms with van der Waals surface area (Å²) in [6.45, 7) is 7.40. The average molecular weight is 326 g/mol. The van der Waals surface area contributed by atoms with Crippen molar-refractivity contribution >= 4 is 15.9 Å². The molecule has 3 heteroatoms. The van der Waals surface area contributed by atoms with Crippen LogP contribution in [0.4, 0.5) is 0 Å². The fraction of sp³-hybridized carbons (Fsp3) is 0.625. The molecule has 0 heterocycles. The standard InChI is InChI=1S/C16H24BrNO/c1-4-15(5-2)19-16-11(3)8-13(17)9-12(16)10-18-14-6-7-14/h8-9,14-15,18H,4-7,10H2,1-3H3. The third kappa shape index (κ3) is 4.22. The number of halogens is 1. The monoisotopic (exact) mass is 325 g/mol. The molecular weight excluding hydrogens is 302 g/mol. The van der Waals surface area contributed by atoms with E-state index in [-0.39, 0.29) is 0 Å². The lowest BCUT2D eigenvalue weighted by molar-refractivity contribution is 0.189. The van der Waals surface area contributed by atoms with Crippen molar-refractivity contribution in [3.05, 3.63) is 27.7 Å². The second kappa shape index (κ2) is 6.76. The molecule has 0 bridgehead atoms. The minimum Gasteiger partial charge on any atom is -0.490 e. The van der Waals surface area contributed by atoms with Gasteiger partial charge < -0.3 is 10.1 Å². The molecule has 1 aliphatic rings. The van der Waals surface area contributed by atoms with Gasteiger partial charge in [-0.2, -0.15) is 0 Å². The van der Waals surface area contributed by atoms with E-state index in [4.69, 9.17) is 4.74 Å². The topological polar surface area (TPSA) is 21.3 Å². The zero-order valence-electron chi connectivity index (χ0n) is 12.1. The molecule has 0 saturated heterocycles. The van der Waals surface area contributed by atoms with Crippen molar-refractivity contribution in [3.63, 3.8) is 0 Å². The van der Waals surface area contributed by atoms with Crippen LogP contribution in [0.15, 0.2) is 16.6 Å².